The molecule has 0 bridgehead atoms. The molecule has 104 valence electrons. The number of carbonyl (C=O) groups is 1. The van der Waals surface area contributed by atoms with Crippen LogP contribution in [0.3, 0.4) is 0 Å². The summed E-state index contributed by atoms with van der Waals surface area (Å²) < 4.78 is 5.33. The quantitative estimate of drug-likeness (QED) is 0.800. The van der Waals surface area contributed by atoms with Crippen molar-refractivity contribution in [3.8, 4) is 17.2 Å². The smallest absolute Gasteiger partial charge is 0.263 e. The third kappa shape index (κ3) is 3.00. The summed E-state index contributed by atoms with van der Waals surface area (Å²) in [5.41, 5.74) is 0.359. The molecule has 3 N–H and O–H groups in total. The van der Waals surface area contributed by atoms with E-state index in [-0.39, 0.29) is 17.1 Å². The Morgan fingerprint density at radius 1 is 1.15 bits per heavy atom. The minimum Gasteiger partial charge on any atom is -0.507 e. The number of phenols is 2. The molecule has 5 heteroatoms. The second kappa shape index (κ2) is 5.97. The molecule has 2 aromatic carbocycles. The van der Waals surface area contributed by atoms with Crippen molar-refractivity contribution in [2.75, 3.05) is 11.9 Å². The molecule has 0 radical (unpaired) electrons. The number of benzene rings is 2. The number of carbonyl (C=O) groups excluding carboxylic acids is 1. The molecule has 2 rings (SSSR count). The Morgan fingerprint density at radius 2 is 1.80 bits per heavy atom. The molecule has 0 heterocycles. The van der Waals surface area contributed by atoms with Crippen LogP contribution in [-0.4, -0.2) is 22.7 Å². The predicted octanol–water partition coefficient (Wildman–Crippen LogP) is 2.75. The standard InChI is InChI=1S/C15H15NO4/c1-2-20-11-6-3-5-10(9-11)16-15(19)14-12(17)7-4-8-13(14)18/h3-9,17-18H,2H2,1H3,(H,16,19). The average molecular weight is 273 g/mol. The van der Waals surface area contributed by atoms with Gasteiger partial charge in [0.05, 0.1) is 6.61 Å². The number of hydrogen-bond donors (Lipinski definition) is 3. The van der Waals surface area contributed by atoms with Gasteiger partial charge in [-0.05, 0) is 31.2 Å². The van der Waals surface area contributed by atoms with Crippen LogP contribution in [0.4, 0.5) is 5.69 Å². The molecule has 1 amide bonds. The molecule has 0 saturated carbocycles. The van der Waals surface area contributed by atoms with E-state index >= 15 is 0 Å². The Balaban J connectivity index is 2.21. The number of rotatable bonds is 4. The van der Waals surface area contributed by atoms with Crippen LogP contribution in [0.15, 0.2) is 42.5 Å². The maximum Gasteiger partial charge on any atom is 0.263 e. The molecular weight excluding hydrogens is 258 g/mol. The van der Waals surface area contributed by atoms with Gasteiger partial charge in [0.25, 0.3) is 5.91 Å². The number of hydrogen-bond acceptors (Lipinski definition) is 4. The summed E-state index contributed by atoms with van der Waals surface area (Å²) in [5.74, 6) is -0.507. The molecule has 0 aliphatic heterocycles. The highest BCUT2D eigenvalue weighted by Gasteiger charge is 2.16. The monoisotopic (exact) mass is 273 g/mol. The van der Waals surface area contributed by atoms with Crippen molar-refractivity contribution in [3.63, 3.8) is 0 Å². The van der Waals surface area contributed by atoms with Gasteiger partial charge in [0.15, 0.2) is 0 Å². The van der Waals surface area contributed by atoms with Gasteiger partial charge in [-0.3, -0.25) is 4.79 Å². The maximum atomic E-state index is 12.1. The van der Waals surface area contributed by atoms with Gasteiger partial charge >= 0.3 is 0 Å². The van der Waals surface area contributed by atoms with Gasteiger partial charge in [-0.25, -0.2) is 0 Å². The highest BCUT2D eigenvalue weighted by molar-refractivity contribution is 6.08. The molecular formula is C15H15NO4. The van der Waals surface area contributed by atoms with Crippen molar-refractivity contribution >= 4 is 11.6 Å². The van der Waals surface area contributed by atoms with Crippen LogP contribution in [-0.2, 0) is 0 Å². The van der Waals surface area contributed by atoms with Crippen molar-refractivity contribution in [3.05, 3.63) is 48.0 Å². The third-order valence-electron chi connectivity index (χ3n) is 2.65. The molecule has 0 spiro atoms. The average Bonchev–Trinajstić information content (AvgIpc) is 2.39. The van der Waals surface area contributed by atoms with Gasteiger partial charge in [-0.2, -0.15) is 0 Å². The van der Waals surface area contributed by atoms with E-state index in [2.05, 4.69) is 5.32 Å². The second-order valence-electron chi connectivity index (χ2n) is 4.09. The Bertz CT molecular complexity index is 605. The molecule has 0 aliphatic carbocycles. The van der Waals surface area contributed by atoms with Crippen LogP contribution in [0, 0.1) is 0 Å². The van der Waals surface area contributed by atoms with Crippen LogP contribution >= 0.6 is 0 Å². The van der Waals surface area contributed by atoms with E-state index in [1.54, 1.807) is 24.3 Å². The second-order valence-corrected chi connectivity index (χ2v) is 4.09. The third-order valence-corrected chi connectivity index (χ3v) is 2.65. The number of anilines is 1. The van der Waals surface area contributed by atoms with E-state index < -0.39 is 5.91 Å². The van der Waals surface area contributed by atoms with Crippen molar-refractivity contribution in [1.29, 1.82) is 0 Å². The molecule has 0 unspecified atom stereocenters. The number of ether oxygens (including phenoxy) is 1. The summed E-state index contributed by atoms with van der Waals surface area (Å²) in [6.45, 7) is 2.39. The van der Waals surface area contributed by atoms with Gasteiger partial charge in [-0.1, -0.05) is 12.1 Å². The zero-order chi connectivity index (χ0) is 14.5. The van der Waals surface area contributed by atoms with Crippen molar-refractivity contribution < 1.29 is 19.7 Å². The molecule has 2 aromatic rings. The van der Waals surface area contributed by atoms with Crippen LogP contribution in [0.25, 0.3) is 0 Å². The van der Waals surface area contributed by atoms with E-state index in [1.807, 2.05) is 6.92 Å². The summed E-state index contributed by atoms with van der Waals surface area (Å²) in [6, 6.07) is 11.0. The fourth-order valence-corrected chi connectivity index (χ4v) is 1.78. The highest BCUT2D eigenvalue weighted by atomic mass is 16.5. The number of nitrogens with one attached hydrogen (secondary N) is 1. The molecule has 0 atom stereocenters. The zero-order valence-electron chi connectivity index (χ0n) is 11.0. The lowest BCUT2D eigenvalue weighted by atomic mass is 10.1. The SMILES string of the molecule is CCOc1cccc(NC(=O)c2c(O)cccc2O)c1. The minimum atomic E-state index is -0.589. The molecule has 5 nitrogen and oxygen atoms in total. The van der Waals surface area contributed by atoms with Crippen LogP contribution < -0.4 is 10.1 Å². The predicted molar refractivity (Wildman–Crippen MR) is 75.3 cm³/mol. The lowest BCUT2D eigenvalue weighted by Gasteiger charge is -2.10. The van der Waals surface area contributed by atoms with Gasteiger partial charge in [-0.15, -0.1) is 0 Å². The van der Waals surface area contributed by atoms with Gasteiger partial charge in [0, 0.05) is 11.8 Å². The van der Waals surface area contributed by atoms with E-state index in [0.29, 0.717) is 18.0 Å². The fraction of sp³-hybridized carbons (Fsp3) is 0.133. The Morgan fingerprint density at radius 3 is 2.45 bits per heavy atom. The van der Waals surface area contributed by atoms with Crippen molar-refractivity contribution in [2.45, 2.75) is 6.92 Å². The number of amides is 1. The number of phenolic OH excluding ortho intramolecular Hbond substituents is 2. The fourth-order valence-electron chi connectivity index (χ4n) is 1.78. The topological polar surface area (TPSA) is 78.8 Å². The maximum absolute atomic E-state index is 12.1. The van der Waals surface area contributed by atoms with Crippen LogP contribution in [0.2, 0.25) is 0 Å². The molecule has 0 fully saturated rings. The first-order chi connectivity index (χ1) is 9.61. The summed E-state index contributed by atoms with van der Waals surface area (Å²) in [4.78, 5) is 12.1. The Labute approximate surface area is 116 Å². The normalized spacial score (nSPS) is 10.1. The van der Waals surface area contributed by atoms with Crippen molar-refractivity contribution in [1.82, 2.24) is 0 Å². The summed E-state index contributed by atoms with van der Waals surface area (Å²) in [5, 5.41) is 21.9. The molecule has 20 heavy (non-hydrogen) atoms. The van der Waals surface area contributed by atoms with Gasteiger partial charge in [0.2, 0.25) is 0 Å². The molecule has 0 saturated heterocycles. The lowest BCUT2D eigenvalue weighted by Crippen LogP contribution is -2.12. The Kier molecular flexibility index (Phi) is 4.10. The zero-order valence-corrected chi connectivity index (χ0v) is 11.0. The summed E-state index contributed by atoms with van der Waals surface area (Å²) in [6.07, 6.45) is 0. The first-order valence-corrected chi connectivity index (χ1v) is 6.17. The minimum absolute atomic E-state index is 0.158. The molecule has 0 aromatic heterocycles. The van der Waals surface area contributed by atoms with E-state index in [4.69, 9.17) is 4.74 Å². The lowest BCUT2D eigenvalue weighted by molar-refractivity contribution is 0.102. The Hall–Kier alpha value is -2.69. The molecule has 0 aliphatic rings. The van der Waals surface area contributed by atoms with E-state index in [1.165, 1.54) is 18.2 Å². The van der Waals surface area contributed by atoms with E-state index in [0.717, 1.165) is 0 Å². The summed E-state index contributed by atoms with van der Waals surface area (Å²) >= 11 is 0. The van der Waals surface area contributed by atoms with Crippen LogP contribution in [0.1, 0.15) is 17.3 Å². The number of aromatic hydroxyl groups is 2. The largest absolute Gasteiger partial charge is 0.507 e. The first-order valence-electron chi connectivity index (χ1n) is 6.17. The van der Waals surface area contributed by atoms with Crippen molar-refractivity contribution in [2.24, 2.45) is 0 Å². The van der Waals surface area contributed by atoms with E-state index in [9.17, 15) is 15.0 Å². The van der Waals surface area contributed by atoms with Gasteiger partial charge < -0.3 is 20.3 Å². The summed E-state index contributed by atoms with van der Waals surface area (Å²) in [7, 11) is 0. The first kappa shape index (κ1) is 13.7. The van der Waals surface area contributed by atoms with Crippen LogP contribution in [0.5, 0.6) is 17.2 Å². The van der Waals surface area contributed by atoms with Gasteiger partial charge in [0.1, 0.15) is 22.8 Å². The highest BCUT2D eigenvalue weighted by Crippen LogP contribution is 2.27.